The Kier molecular flexibility index (Phi) is 5.69. The van der Waals surface area contributed by atoms with E-state index in [1.165, 1.54) is 5.56 Å². The van der Waals surface area contributed by atoms with E-state index in [2.05, 4.69) is 12.2 Å². The molecule has 18 heavy (non-hydrogen) atoms. The third-order valence-electron chi connectivity index (χ3n) is 3.04. The van der Waals surface area contributed by atoms with Gasteiger partial charge in [-0.15, -0.1) is 0 Å². The van der Waals surface area contributed by atoms with Gasteiger partial charge in [0.1, 0.15) is 5.75 Å². The van der Waals surface area contributed by atoms with Crippen LogP contribution >= 0.6 is 0 Å². The Morgan fingerprint density at radius 3 is 2.78 bits per heavy atom. The van der Waals surface area contributed by atoms with Crippen molar-refractivity contribution in [1.82, 2.24) is 5.32 Å². The van der Waals surface area contributed by atoms with Crippen LogP contribution in [0.5, 0.6) is 5.75 Å². The first-order valence-electron chi connectivity index (χ1n) is 6.53. The average Bonchev–Trinajstić information content (AvgIpc) is 2.31. The highest BCUT2D eigenvalue weighted by Gasteiger charge is 2.08. The minimum Gasteiger partial charge on any atom is -0.483 e. The molecular formula is C15H23NO2. The van der Waals surface area contributed by atoms with Crippen LogP contribution in [0.3, 0.4) is 0 Å². The van der Waals surface area contributed by atoms with Crippen LogP contribution in [0.25, 0.3) is 0 Å². The van der Waals surface area contributed by atoms with Gasteiger partial charge in [0.05, 0.1) is 0 Å². The Morgan fingerprint density at radius 1 is 1.39 bits per heavy atom. The second kappa shape index (κ2) is 7.04. The van der Waals surface area contributed by atoms with Crippen molar-refractivity contribution < 1.29 is 9.53 Å². The summed E-state index contributed by atoms with van der Waals surface area (Å²) in [6, 6.07) is 6.08. The zero-order valence-electron chi connectivity index (χ0n) is 11.7. The average molecular weight is 249 g/mol. The number of hydrogen-bond donors (Lipinski definition) is 1. The molecular weight excluding hydrogens is 226 g/mol. The first kappa shape index (κ1) is 14.6. The van der Waals surface area contributed by atoms with Crippen molar-refractivity contribution in [2.75, 3.05) is 6.61 Å². The molecule has 0 unspecified atom stereocenters. The van der Waals surface area contributed by atoms with E-state index < -0.39 is 0 Å². The molecule has 0 bridgehead atoms. The normalized spacial score (nSPS) is 12.0. The summed E-state index contributed by atoms with van der Waals surface area (Å²) in [6.07, 6.45) is 2.06. The van der Waals surface area contributed by atoms with Crippen LogP contribution in [0.15, 0.2) is 18.2 Å². The molecule has 1 atom stereocenters. The highest BCUT2D eigenvalue weighted by atomic mass is 16.5. The van der Waals surface area contributed by atoms with Crippen LogP contribution in [0.1, 0.15) is 37.8 Å². The van der Waals surface area contributed by atoms with Crippen LogP contribution in [0.2, 0.25) is 0 Å². The van der Waals surface area contributed by atoms with Crippen molar-refractivity contribution in [2.24, 2.45) is 0 Å². The number of amides is 1. The maximum atomic E-state index is 11.7. The van der Waals surface area contributed by atoms with Gasteiger partial charge < -0.3 is 10.1 Å². The maximum Gasteiger partial charge on any atom is 0.258 e. The molecule has 1 N–H and O–H groups in total. The molecule has 0 heterocycles. The molecule has 1 aromatic rings. The minimum absolute atomic E-state index is 0.0585. The Balaban J connectivity index is 2.45. The van der Waals surface area contributed by atoms with E-state index in [0.717, 1.165) is 24.2 Å². The highest BCUT2D eigenvalue weighted by molar-refractivity contribution is 5.77. The van der Waals surface area contributed by atoms with Crippen LogP contribution in [-0.2, 0) is 4.79 Å². The summed E-state index contributed by atoms with van der Waals surface area (Å²) >= 11 is 0. The van der Waals surface area contributed by atoms with Crippen LogP contribution in [-0.4, -0.2) is 18.6 Å². The lowest BCUT2D eigenvalue weighted by Crippen LogP contribution is -2.36. The fourth-order valence-corrected chi connectivity index (χ4v) is 1.85. The van der Waals surface area contributed by atoms with Gasteiger partial charge in [0.25, 0.3) is 5.91 Å². The molecule has 0 aliphatic carbocycles. The fourth-order valence-electron chi connectivity index (χ4n) is 1.85. The highest BCUT2D eigenvalue weighted by Crippen LogP contribution is 2.20. The Labute approximate surface area is 110 Å². The number of rotatable bonds is 6. The smallest absolute Gasteiger partial charge is 0.258 e. The molecule has 0 radical (unpaired) electrons. The second-order valence-electron chi connectivity index (χ2n) is 4.74. The molecule has 3 nitrogen and oxygen atoms in total. The number of carbonyl (C=O) groups is 1. The third kappa shape index (κ3) is 4.40. The van der Waals surface area contributed by atoms with E-state index in [1.807, 2.05) is 39.0 Å². The van der Waals surface area contributed by atoms with E-state index >= 15 is 0 Å². The first-order valence-corrected chi connectivity index (χ1v) is 6.53. The summed E-state index contributed by atoms with van der Waals surface area (Å²) in [5.74, 6) is 0.727. The Hall–Kier alpha value is -1.51. The van der Waals surface area contributed by atoms with Crippen molar-refractivity contribution in [3.8, 4) is 5.75 Å². The number of nitrogens with one attached hydrogen (secondary N) is 1. The van der Waals surface area contributed by atoms with Gasteiger partial charge in [-0.1, -0.05) is 25.5 Å². The monoisotopic (exact) mass is 249 g/mol. The van der Waals surface area contributed by atoms with Crippen LogP contribution in [0.4, 0.5) is 0 Å². The molecule has 0 aliphatic heterocycles. The minimum atomic E-state index is -0.0585. The van der Waals surface area contributed by atoms with Crippen molar-refractivity contribution in [3.05, 3.63) is 29.3 Å². The number of ether oxygens (including phenoxy) is 1. The van der Waals surface area contributed by atoms with Gasteiger partial charge >= 0.3 is 0 Å². The summed E-state index contributed by atoms with van der Waals surface area (Å²) in [5.41, 5.74) is 2.26. The van der Waals surface area contributed by atoms with Gasteiger partial charge in [0, 0.05) is 6.04 Å². The van der Waals surface area contributed by atoms with Gasteiger partial charge in [-0.2, -0.15) is 0 Å². The molecule has 0 spiro atoms. The quantitative estimate of drug-likeness (QED) is 0.841. The first-order chi connectivity index (χ1) is 8.54. The summed E-state index contributed by atoms with van der Waals surface area (Å²) < 4.78 is 5.55. The lowest BCUT2D eigenvalue weighted by Gasteiger charge is -2.14. The maximum absolute atomic E-state index is 11.7. The molecule has 1 aromatic carbocycles. The van der Waals surface area contributed by atoms with Gasteiger partial charge in [0.15, 0.2) is 6.61 Å². The van der Waals surface area contributed by atoms with Crippen molar-refractivity contribution in [3.63, 3.8) is 0 Å². The predicted molar refractivity (Wildman–Crippen MR) is 73.9 cm³/mol. The molecule has 0 saturated heterocycles. The molecule has 1 amide bonds. The van der Waals surface area contributed by atoms with Crippen molar-refractivity contribution >= 4 is 5.91 Å². The number of benzene rings is 1. The summed E-state index contributed by atoms with van der Waals surface area (Å²) in [7, 11) is 0. The van der Waals surface area contributed by atoms with Gasteiger partial charge in [-0.3, -0.25) is 4.79 Å². The van der Waals surface area contributed by atoms with E-state index in [-0.39, 0.29) is 18.6 Å². The van der Waals surface area contributed by atoms with Crippen LogP contribution in [0, 0.1) is 13.8 Å². The SMILES string of the molecule is CCC[C@H](C)NC(=O)COc1cccc(C)c1C. The number of carbonyl (C=O) groups excluding carboxylic acids is 1. The zero-order chi connectivity index (χ0) is 13.5. The molecule has 0 fully saturated rings. The molecule has 0 aliphatic rings. The molecule has 0 saturated carbocycles. The molecule has 0 aromatic heterocycles. The standard InChI is InChI=1S/C15H23NO2/c1-5-7-12(3)16-15(17)10-18-14-9-6-8-11(2)13(14)4/h6,8-9,12H,5,7,10H2,1-4H3,(H,16,17)/t12-/m0/s1. The van der Waals surface area contributed by atoms with E-state index in [9.17, 15) is 4.79 Å². The van der Waals surface area contributed by atoms with Gasteiger partial charge in [-0.05, 0) is 44.4 Å². The lowest BCUT2D eigenvalue weighted by atomic mass is 10.1. The molecule has 100 valence electrons. The van der Waals surface area contributed by atoms with Gasteiger partial charge in [0.2, 0.25) is 0 Å². The fraction of sp³-hybridized carbons (Fsp3) is 0.533. The predicted octanol–water partition coefficient (Wildman–Crippen LogP) is 2.99. The summed E-state index contributed by atoms with van der Waals surface area (Å²) in [5, 5.41) is 2.92. The lowest BCUT2D eigenvalue weighted by molar-refractivity contribution is -0.123. The van der Waals surface area contributed by atoms with E-state index in [4.69, 9.17) is 4.74 Å². The third-order valence-corrected chi connectivity index (χ3v) is 3.04. The van der Waals surface area contributed by atoms with Gasteiger partial charge in [-0.25, -0.2) is 0 Å². The molecule has 3 heteroatoms. The second-order valence-corrected chi connectivity index (χ2v) is 4.74. The Bertz CT molecular complexity index is 401. The van der Waals surface area contributed by atoms with Crippen molar-refractivity contribution in [2.45, 2.75) is 46.6 Å². The summed E-state index contributed by atoms with van der Waals surface area (Å²) in [4.78, 5) is 11.7. The largest absolute Gasteiger partial charge is 0.483 e. The number of hydrogen-bond acceptors (Lipinski definition) is 2. The topological polar surface area (TPSA) is 38.3 Å². The van der Waals surface area contributed by atoms with E-state index in [0.29, 0.717) is 0 Å². The van der Waals surface area contributed by atoms with Crippen molar-refractivity contribution in [1.29, 1.82) is 0 Å². The Morgan fingerprint density at radius 2 is 2.11 bits per heavy atom. The summed E-state index contributed by atoms with van der Waals surface area (Å²) in [6.45, 7) is 8.24. The number of aryl methyl sites for hydroxylation is 1. The molecule has 1 rings (SSSR count). The van der Waals surface area contributed by atoms with E-state index in [1.54, 1.807) is 0 Å². The zero-order valence-corrected chi connectivity index (χ0v) is 11.7. The van der Waals surface area contributed by atoms with Crippen LogP contribution < -0.4 is 10.1 Å².